The summed E-state index contributed by atoms with van der Waals surface area (Å²) in [6.07, 6.45) is 0. The number of amides is 1. The molecule has 0 saturated carbocycles. The molecule has 2 aromatic rings. The fraction of sp³-hybridized carbons (Fsp3) is 0.200. The molecule has 0 bridgehead atoms. The average Bonchev–Trinajstić information content (AvgIpc) is 2.71. The summed E-state index contributed by atoms with van der Waals surface area (Å²) in [5, 5.41) is 3.61. The van der Waals surface area contributed by atoms with Crippen LogP contribution in [-0.4, -0.2) is 37.9 Å². The lowest BCUT2D eigenvalue weighted by Crippen LogP contribution is -2.23. The highest BCUT2D eigenvalue weighted by Crippen LogP contribution is 2.27. The Kier molecular flexibility index (Phi) is 2.83. The molecule has 1 aromatic heterocycles. The van der Waals surface area contributed by atoms with Gasteiger partial charge in [-0.25, -0.2) is 12.7 Å². The molecular formula is C10H11N3O4S. The summed E-state index contributed by atoms with van der Waals surface area (Å²) in [4.78, 5) is 11.2. The Morgan fingerprint density at radius 2 is 2.06 bits per heavy atom. The van der Waals surface area contributed by atoms with Crippen LogP contribution >= 0.6 is 0 Å². The van der Waals surface area contributed by atoms with Crippen molar-refractivity contribution < 1.29 is 17.7 Å². The Morgan fingerprint density at radius 1 is 1.39 bits per heavy atom. The van der Waals surface area contributed by atoms with Crippen LogP contribution in [0.3, 0.4) is 0 Å². The van der Waals surface area contributed by atoms with Gasteiger partial charge >= 0.3 is 0 Å². The van der Waals surface area contributed by atoms with Crippen LogP contribution in [0.5, 0.6) is 0 Å². The molecule has 0 aliphatic heterocycles. The van der Waals surface area contributed by atoms with Crippen molar-refractivity contribution in [3.05, 3.63) is 23.9 Å². The van der Waals surface area contributed by atoms with E-state index in [4.69, 9.17) is 10.3 Å². The molecule has 0 aliphatic carbocycles. The first-order valence-electron chi connectivity index (χ1n) is 4.96. The molecule has 0 spiro atoms. The van der Waals surface area contributed by atoms with Crippen molar-refractivity contribution in [1.29, 1.82) is 0 Å². The molecule has 0 radical (unpaired) electrons. The first kappa shape index (κ1) is 12.5. The molecule has 1 aromatic carbocycles. The van der Waals surface area contributed by atoms with Crippen molar-refractivity contribution in [2.24, 2.45) is 5.73 Å². The van der Waals surface area contributed by atoms with Crippen molar-refractivity contribution in [1.82, 2.24) is 9.46 Å². The molecule has 1 amide bonds. The monoisotopic (exact) mass is 269 g/mol. The highest BCUT2D eigenvalue weighted by atomic mass is 32.2. The van der Waals surface area contributed by atoms with Crippen molar-refractivity contribution >= 4 is 26.9 Å². The molecule has 0 unspecified atom stereocenters. The van der Waals surface area contributed by atoms with E-state index in [-0.39, 0.29) is 21.6 Å². The molecule has 0 saturated heterocycles. The van der Waals surface area contributed by atoms with Gasteiger partial charge in [0.2, 0.25) is 10.0 Å². The van der Waals surface area contributed by atoms with Gasteiger partial charge in [-0.15, -0.1) is 0 Å². The molecule has 0 atom stereocenters. The zero-order chi connectivity index (χ0) is 13.5. The Balaban J connectivity index is 2.88. The van der Waals surface area contributed by atoms with Gasteiger partial charge < -0.3 is 10.3 Å². The number of hydrogen-bond acceptors (Lipinski definition) is 5. The van der Waals surface area contributed by atoms with Crippen molar-refractivity contribution in [2.45, 2.75) is 4.90 Å². The Morgan fingerprint density at radius 3 is 2.61 bits per heavy atom. The third-order valence-corrected chi connectivity index (χ3v) is 4.31. The second-order valence-electron chi connectivity index (χ2n) is 3.81. The third kappa shape index (κ3) is 1.75. The van der Waals surface area contributed by atoms with E-state index in [1.807, 2.05) is 0 Å². The Labute approximate surface area is 103 Å². The zero-order valence-corrected chi connectivity index (χ0v) is 10.6. The second-order valence-corrected chi connectivity index (χ2v) is 5.93. The normalized spacial score (nSPS) is 12.2. The van der Waals surface area contributed by atoms with Gasteiger partial charge in [0, 0.05) is 14.1 Å². The highest BCUT2D eigenvalue weighted by Gasteiger charge is 2.25. The maximum absolute atomic E-state index is 12.1. The summed E-state index contributed by atoms with van der Waals surface area (Å²) in [5.74, 6) is -0.838. The van der Waals surface area contributed by atoms with E-state index in [0.29, 0.717) is 0 Å². The van der Waals surface area contributed by atoms with Gasteiger partial charge in [0.05, 0.1) is 10.3 Å². The van der Waals surface area contributed by atoms with Crippen LogP contribution in [0.4, 0.5) is 0 Å². The van der Waals surface area contributed by atoms with Crippen LogP contribution in [0.2, 0.25) is 0 Å². The number of nitrogens with zero attached hydrogens (tertiary/aromatic N) is 2. The SMILES string of the molecule is CN(C)S(=O)(=O)c1cccc2onc(C(N)=O)c12. The smallest absolute Gasteiger partial charge is 0.271 e. The number of nitrogens with two attached hydrogens (primary N) is 1. The topological polar surface area (TPSA) is 106 Å². The third-order valence-electron chi connectivity index (χ3n) is 2.45. The van der Waals surface area contributed by atoms with E-state index in [1.54, 1.807) is 0 Å². The van der Waals surface area contributed by atoms with E-state index in [2.05, 4.69) is 5.16 Å². The van der Waals surface area contributed by atoms with Gasteiger partial charge in [0.15, 0.2) is 11.3 Å². The Hall–Kier alpha value is -1.93. The fourth-order valence-electron chi connectivity index (χ4n) is 1.54. The Bertz CT molecular complexity index is 718. The standard InChI is InChI=1S/C10H11N3O4S/c1-13(2)18(15,16)7-5-3-4-6-8(7)9(10(11)14)12-17-6/h3-5H,1-2H3,(H2,11,14). The van der Waals surface area contributed by atoms with Crippen molar-refractivity contribution in [3.8, 4) is 0 Å². The van der Waals surface area contributed by atoms with Crippen LogP contribution in [0, 0.1) is 0 Å². The lowest BCUT2D eigenvalue weighted by Gasteiger charge is -2.11. The maximum Gasteiger partial charge on any atom is 0.271 e. The van der Waals surface area contributed by atoms with Crippen molar-refractivity contribution in [3.63, 3.8) is 0 Å². The number of carbonyl (C=O) groups excluding carboxylic acids is 1. The fourth-order valence-corrected chi connectivity index (χ4v) is 2.64. The summed E-state index contributed by atoms with van der Waals surface area (Å²) >= 11 is 0. The predicted octanol–water partition coefficient (Wildman–Crippen LogP) is 0.177. The lowest BCUT2D eigenvalue weighted by molar-refractivity contribution is 0.0993. The van der Waals surface area contributed by atoms with E-state index in [1.165, 1.54) is 32.3 Å². The van der Waals surface area contributed by atoms with E-state index >= 15 is 0 Å². The molecule has 8 heteroatoms. The van der Waals surface area contributed by atoms with Gasteiger partial charge in [-0.1, -0.05) is 11.2 Å². The summed E-state index contributed by atoms with van der Waals surface area (Å²) in [7, 11) is -0.915. The zero-order valence-electron chi connectivity index (χ0n) is 9.75. The molecule has 18 heavy (non-hydrogen) atoms. The van der Waals surface area contributed by atoms with Crippen molar-refractivity contribution in [2.75, 3.05) is 14.1 Å². The van der Waals surface area contributed by atoms with Gasteiger partial charge in [0.25, 0.3) is 5.91 Å². The molecule has 7 nitrogen and oxygen atoms in total. The number of hydrogen-bond donors (Lipinski definition) is 1. The predicted molar refractivity (Wildman–Crippen MR) is 63.4 cm³/mol. The number of rotatable bonds is 3. The minimum atomic E-state index is -3.70. The number of benzene rings is 1. The largest absolute Gasteiger partial charge is 0.364 e. The number of fused-ring (bicyclic) bond motifs is 1. The van der Waals surface area contributed by atoms with Crippen LogP contribution in [0.15, 0.2) is 27.6 Å². The number of primary amides is 1. The first-order valence-corrected chi connectivity index (χ1v) is 6.40. The summed E-state index contributed by atoms with van der Waals surface area (Å²) in [6, 6.07) is 4.40. The molecule has 1 heterocycles. The molecule has 2 rings (SSSR count). The number of sulfonamides is 1. The molecule has 2 N–H and O–H groups in total. The lowest BCUT2D eigenvalue weighted by atomic mass is 10.2. The van der Waals surface area contributed by atoms with E-state index < -0.39 is 15.9 Å². The first-order chi connectivity index (χ1) is 8.35. The molecular weight excluding hydrogens is 258 g/mol. The summed E-state index contributed by atoms with van der Waals surface area (Å²) in [6.45, 7) is 0. The molecule has 0 aliphatic rings. The molecule has 0 fully saturated rings. The minimum absolute atomic E-state index is 0.0555. The van der Waals surface area contributed by atoms with E-state index in [0.717, 1.165) is 4.31 Å². The van der Waals surface area contributed by atoms with Crippen LogP contribution in [0.25, 0.3) is 11.0 Å². The summed E-state index contributed by atoms with van der Waals surface area (Å²) in [5.41, 5.74) is 5.15. The maximum atomic E-state index is 12.1. The second kappa shape index (κ2) is 4.07. The van der Waals surface area contributed by atoms with Crippen LogP contribution in [0.1, 0.15) is 10.5 Å². The highest BCUT2D eigenvalue weighted by molar-refractivity contribution is 7.89. The minimum Gasteiger partial charge on any atom is -0.364 e. The molecule has 96 valence electrons. The quantitative estimate of drug-likeness (QED) is 0.855. The van der Waals surface area contributed by atoms with Gasteiger partial charge in [-0.05, 0) is 12.1 Å². The van der Waals surface area contributed by atoms with Gasteiger partial charge in [0.1, 0.15) is 0 Å². The van der Waals surface area contributed by atoms with Crippen LogP contribution < -0.4 is 5.73 Å². The average molecular weight is 269 g/mol. The number of carbonyl (C=O) groups is 1. The number of aromatic nitrogens is 1. The summed E-state index contributed by atoms with van der Waals surface area (Å²) < 4.78 is 30.2. The van der Waals surface area contributed by atoms with Gasteiger partial charge in [-0.2, -0.15) is 0 Å². The van der Waals surface area contributed by atoms with E-state index in [9.17, 15) is 13.2 Å². The van der Waals surface area contributed by atoms with Crippen LogP contribution in [-0.2, 0) is 10.0 Å². The van der Waals surface area contributed by atoms with Gasteiger partial charge in [-0.3, -0.25) is 4.79 Å².